The number of hydrogen-bond donors (Lipinski definition) is 0. The summed E-state index contributed by atoms with van der Waals surface area (Å²) >= 11 is 0. The molecule has 2 aliphatic heterocycles. The highest BCUT2D eigenvalue weighted by atomic mass is 28.3. The summed E-state index contributed by atoms with van der Waals surface area (Å²) in [5.41, 5.74) is 0.529. The van der Waals surface area contributed by atoms with Crippen molar-refractivity contribution >= 4 is 8.07 Å². The van der Waals surface area contributed by atoms with Crippen LogP contribution in [0.15, 0.2) is 12.2 Å². The fourth-order valence-electron chi connectivity index (χ4n) is 2.14. The summed E-state index contributed by atoms with van der Waals surface area (Å²) in [7, 11) is -1.39. The standard InChI is InChI=1S/C13H24O3Si/c1-12(2,3)17(4,5)11-6-7-13(16-10-11)14-8-9-15-13/h6-7,11H,8-10H2,1-5H3/t11-/m0/s1. The summed E-state index contributed by atoms with van der Waals surface area (Å²) in [4.78, 5) is 0. The molecular formula is C13H24O3Si. The fraction of sp³-hybridized carbons (Fsp3) is 0.846. The van der Waals surface area contributed by atoms with Crippen molar-refractivity contribution in [3.05, 3.63) is 12.2 Å². The first-order valence-electron chi connectivity index (χ1n) is 6.38. The van der Waals surface area contributed by atoms with E-state index in [0.29, 0.717) is 30.4 Å². The van der Waals surface area contributed by atoms with Crippen molar-refractivity contribution in [2.75, 3.05) is 19.8 Å². The molecule has 0 amide bonds. The third-order valence-corrected chi connectivity index (χ3v) is 10.6. The zero-order valence-corrected chi connectivity index (χ0v) is 12.6. The van der Waals surface area contributed by atoms with Crippen molar-refractivity contribution < 1.29 is 14.2 Å². The maximum atomic E-state index is 5.82. The molecule has 1 saturated heterocycles. The van der Waals surface area contributed by atoms with E-state index >= 15 is 0 Å². The van der Waals surface area contributed by atoms with Gasteiger partial charge in [-0.05, 0) is 10.6 Å². The molecule has 0 bridgehead atoms. The number of hydrogen-bond acceptors (Lipinski definition) is 3. The molecule has 1 atom stereocenters. The first-order chi connectivity index (χ1) is 7.77. The van der Waals surface area contributed by atoms with Gasteiger partial charge in [-0.3, -0.25) is 0 Å². The lowest BCUT2D eigenvalue weighted by Gasteiger charge is -2.44. The van der Waals surface area contributed by atoms with Crippen LogP contribution in [0.2, 0.25) is 23.7 Å². The monoisotopic (exact) mass is 256 g/mol. The Hall–Kier alpha value is -0.163. The van der Waals surface area contributed by atoms with Crippen LogP contribution in [0.1, 0.15) is 20.8 Å². The molecule has 4 heteroatoms. The minimum atomic E-state index is -1.39. The van der Waals surface area contributed by atoms with E-state index in [9.17, 15) is 0 Å². The minimum Gasteiger partial charge on any atom is -0.324 e. The van der Waals surface area contributed by atoms with Gasteiger partial charge in [0.15, 0.2) is 0 Å². The Morgan fingerprint density at radius 1 is 1.12 bits per heavy atom. The first kappa shape index (κ1) is 13.3. The first-order valence-corrected chi connectivity index (χ1v) is 9.46. The van der Waals surface area contributed by atoms with Gasteiger partial charge in [0.25, 0.3) is 0 Å². The highest BCUT2D eigenvalue weighted by Gasteiger charge is 2.46. The van der Waals surface area contributed by atoms with Crippen LogP contribution in [0.5, 0.6) is 0 Å². The summed E-state index contributed by atoms with van der Waals surface area (Å²) in [5, 5.41) is 0.368. The van der Waals surface area contributed by atoms with E-state index in [1.165, 1.54) is 0 Å². The summed E-state index contributed by atoms with van der Waals surface area (Å²) in [6.45, 7) is 13.8. The largest absolute Gasteiger partial charge is 0.324 e. The smallest absolute Gasteiger partial charge is 0.304 e. The predicted molar refractivity (Wildman–Crippen MR) is 70.7 cm³/mol. The molecule has 0 aromatic carbocycles. The van der Waals surface area contributed by atoms with Crippen LogP contribution in [0.3, 0.4) is 0 Å². The Kier molecular flexibility index (Phi) is 3.27. The molecule has 0 unspecified atom stereocenters. The molecule has 0 aromatic heterocycles. The van der Waals surface area contributed by atoms with Crippen molar-refractivity contribution in [2.45, 2.75) is 50.4 Å². The molecule has 2 aliphatic rings. The Morgan fingerprint density at radius 3 is 2.12 bits per heavy atom. The van der Waals surface area contributed by atoms with Crippen LogP contribution >= 0.6 is 0 Å². The Balaban J connectivity index is 2.12. The SMILES string of the molecule is CC(C)(C)[Si](C)(C)[C@H]1C=CC2(OCCO2)OC1. The van der Waals surface area contributed by atoms with E-state index in [-0.39, 0.29) is 0 Å². The van der Waals surface area contributed by atoms with Gasteiger partial charge in [-0.1, -0.05) is 39.9 Å². The Morgan fingerprint density at radius 2 is 1.71 bits per heavy atom. The highest BCUT2D eigenvalue weighted by molar-refractivity contribution is 6.82. The quantitative estimate of drug-likeness (QED) is 0.533. The van der Waals surface area contributed by atoms with Crippen LogP contribution in [0.25, 0.3) is 0 Å². The van der Waals surface area contributed by atoms with E-state index in [1.807, 2.05) is 6.08 Å². The second-order valence-corrected chi connectivity index (χ2v) is 12.2. The van der Waals surface area contributed by atoms with Crippen LogP contribution in [-0.2, 0) is 14.2 Å². The van der Waals surface area contributed by atoms with Crippen molar-refractivity contribution in [3.63, 3.8) is 0 Å². The van der Waals surface area contributed by atoms with Crippen molar-refractivity contribution in [1.82, 2.24) is 0 Å². The molecule has 2 heterocycles. The van der Waals surface area contributed by atoms with Crippen LogP contribution in [-0.4, -0.2) is 33.9 Å². The summed E-state index contributed by atoms with van der Waals surface area (Å²) in [5.74, 6) is -0.862. The van der Waals surface area contributed by atoms with E-state index < -0.39 is 14.0 Å². The molecule has 0 aliphatic carbocycles. The predicted octanol–water partition coefficient (Wildman–Crippen LogP) is 3.15. The Bertz CT molecular complexity index is 311. The molecule has 2 rings (SSSR count). The number of rotatable bonds is 1. The summed E-state index contributed by atoms with van der Waals surface area (Å²) in [6, 6.07) is 0. The average molecular weight is 256 g/mol. The lowest BCUT2D eigenvalue weighted by Crippen LogP contribution is -2.47. The topological polar surface area (TPSA) is 27.7 Å². The average Bonchev–Trinajstić information content (AvgIpc) is 2.65. The van der Waals surface area contributed by atoms with E-state index in [2.05, 4.69) is 39.9 Å². The minimum absolute atomic E-state index is 0.368. The highest BCUT2D eigenvalue weighted by Crippen LogP contribution is 2.46. The lowest BCUT2D eigenvalue weighted by atomic mass is 10.2. The van der Waals surface area contributed by atoms with Gasteiger partial charge in [0.1, 0.15) is 0 Å². The van der Waals surface area contributed by atoms with E-state index in [0.717, 1.165) is 0 Å². The second-order valence-electron chi connectivity index (χ2n) is 6.55. The zero-order chi connectivity index (χ0) is 12.7. The third kappa shape index (κ3) is 2.36. The van der Waals surface area contributed by atoms with Gasteiger partial charge >= 0.3 is 5.97 Å². The van der Waals surface area contributed by atoms with Gasteiger partial charge in [0.2, 0.25) is 0 Å². The molecule has 0 aromatic rings. The van der Waals surface area contributed by atoms with Crippen molar-refractivity contribution in [3.8, 4) is 0 Å². The molecule has 17 heavy (non-hydrogen) atoms. The normalized spacial score (nSPS) is 28.9. The van der Waals surface area contributed by atoms with E-state index in [4.69, 9.17) is 14.2 Å². The van der Waals surface area contributed by atoms with Gasteiger partial charge < -0.3 is 14.2 Å². The maximum absolute atomic E-state index is 5.82. The van der Waals surface area contributed by atoms with Crippen molar-refractivity contribution in [1.29, 1.82) is 0 Å². The lowest BCUT2D eigenvalue weighted by molar-refractivity contribution is -0.300. The molecule has 3 nitrogen and oxygen atoms in total. The molecular weight excluding hydrogens is 232 g/mol. The van der Waals surface area contributed by atoms with E-state index in [1.54, 1.807) is 0 Å². The van der Waals surface area contributed by atoms with Gasteiger partial charge in [-0.15, -0.1) is 0 Å². The van der Waals surface area contributed by atoms with Gasteiger partial charge in [0, 0.05) is 6.08 Å². The summed E-state index contributed by atoms with van der Waals surface area (Å²) < 4.78 is 16.8. The van der Waals surface area contributed by atoms with Crippen LogP contribution in [0, 0.1) is 0 Å². The molecule has 1 fully saturated rings. The zero-order valence-electron chi connectivity index (χ0n) is 11.6. The molecule has 0 saturated carbocycles. The maximum Gasteiger partial charge on any atom is 0.304 e. The summed E-state index contributed by atoms with van der Waals surface area (Å²) in [6.07, 6.45) is 4.22. The van der Waals surface area contributed by atoms with Gasteiger partial charge in [0.05, 0.1) is 27.9 Å². The molecule has 1 spiro atoms. The second kappa shape index (κ2) is 4.19. The van der Waals surface area contributed by atoms with Gasteiger partial charge in [-0.2, -0.15) is 0 Å². The molecule has 98 valence electrons. The van der Waals surface area contributed by atoms with Crippen LogP contribution < -0.4 is 0 Å². The fourth-order valence-corrected chi connectivity index (χ4v) is 4.33. The number of ether oxygens (including phenoxy) is 3. The van der Waals surface area contributed by atoms with Crippen molar-refractivity contribution in [2.24, 2.45) is 0 Å². The molecule has 0 N–H and O–H groups in total. The molecule has 0 radical (unpaired) electrons. The van der Waals surface area contributed by atoms with Gasteiger partial charge in [-0.25, -0.2) is 0 Å². The van der Waals surface area contributed by atoms with Crippen LogP contribution in [0.4, 0.5) is 0 Å². The third-order valence-electron chi connectivity index (χ3n) is 4.55. The Labute approximate surface area is 105 Å².